The van der Waals surface area contributed by atoms with E-state index in [1.807, 2.05) is 0 Å². The first-order valence-electron chi connectivity index (χ1n) is 4.31. The Morgan fingerprint density at radius 2 is 2.12 bits per heavy atom. The Morgan fingerprint density at radius 3 is 2.75 bits per heavy atom. The summed E-state index contributed by atoms with van der Waals surface area (Å²) in [5.41, 5.74) is 5.05. The molecule has 1 aromatic carbocycles. The SMILES string of the molecule is N/C(CNC(=O)c1cccc(O)c1O)=N/O. The molecular weight excluding hydrogens is 214 g/mol. The maximum atomic E-state index is 11.5. The van der Waals surface area contributed by atoms with Crippen LogP contribution in [-0.4, -0.2) is 33.7 Å². The zero-order chi connectivity index (χ0) is 12.1. The largest absolute Gasteiger partial charge is 0.504 e. The summed E-state index contributed by atoms with van der Waals surface area (Å²) in [4.78, 5) is 11.5. The van der Waals surface area contributed by atoms with E-state index in [0.29, 0.717) is 0 Å². The van der Waals surface area contributed by atoms with Crippen molar-refractivity contribution in [2.45, 2.75) is 0 Å². The fourth-order valence-corrected chi connectivity index (χ4v) is 1.02. The molecule has 7 heteroatoms. The van der Waals surface area contributed by atoms with Crippen LogP contribution in [0.3, 0.4) is 0 Å². The summed E-state index contributed by atoms with van der Waals surface area (Å²) in [7, 11) is 0. The molecule has 16 heavy (non-hydrogen) atoms. The third-order valence-electron chi connectivity index (χ3n) is 1.82. The molecule has 1 rings (SSSR count). The van der Waals surface area contributed by atoms with Gasteiger partial charge < -0.3 is 26.5 Å². The summed E-state index contributed by atoms with van der Waals surface area (Å²) in [6.07, 6.45) is 0. The minimum absolute atomic E-state index is 0.0919. The van der Waals surface area contributed by atoms with E-state index in [9.17, 15) is 9.90 Å². The van der Waals surface area contributed by atoms with Crippen molar-refractivity contribution in [2.24, 2.45) is 10.9 Å². The van der Waals surface area contributed by atoms with Crippen LogP contribution in [0.4, 0.5) is 0 Å². The van der Waals surface area contributed by atoms with Gasteiger partial charge in [0.2, 0.25) is 0 Å². The van der Waals surface area contributed by atoms with E-state index < -0.39 is 17.4 Å². The van der Waals surface area contributed by atoms with E-state index in [4.69, 9.17) is 16.0 Å². The molecule has 0 fully saturated rings. The fraction of sp³-hybridized carbons (Fsp3) is 0.111. The van der Waals surface area contributed by atoms with Crippen molar-refractivity contribution in [1.29, 1.82) is 0 Å². The molecule has 0 aromatic heterocycles. The predicted octanol–water partition coefficient (Wildman–Crippen LogP) is -0.426. The fourth-order valence-electron chi connectivity index (χ4n) is 1.02. The first-order valence-corrected chi connectivity index (χ1v) is 4.31. The maximum Gasteiger partial charge on any atom is 0.255 e. The first-order chi connectivity index (χ1) is 7.56. The Labute approximate surface area is 90.8 Å². The van der Waals surface area contributed by atoms with Crippen molar-refractivity contribution in [1.82, 2.24) is 5.32 Å². The third kappa shape index (κ3) is 2.53. The summed E-state index contributed by atoms with van der Waals surface area (Å²) >= 11 is 0. The van der Waals surface area contributed by atoms with E-state index in [-0.39, 0.29) is 17.9 Å². The number of aromatic hydroxyl groups is 2. The molecular formula is C9H11N3O4. The van der Waals surface area contributed by atoms with Crippen molar-refractivity contribution in [3.63, 3.8) is 0 Å². The summed E-state index contributed by atoms with van der Waals surface area (Å²) in [6, 6.07) is 3.99. The molecule has 6 N–H and O–H groups in total. The van der Waals surface area contributed by atoms with Gasteiger partial charge in [-0.05, 0) is 12.1 Å². The highest BCUT2D eigenvalue weighted by atomic mass is 16.4. The number of carbonyl (C=O) groups excluding carboxylic acids is 1. The molecule has 7 nitrogen and oxygen atoms in total. The number of nitrogens with zero attached hydrogens (tertiary/aromatic N) is 1. The summed E-state index contributed by atoms with van der Waals surface area (Å²) in [5, 5.41) is 31.7. The van der Waals surface area contributed by atoms with Crippen LogP contribution < -0.4 is 11.1 Å². The number of para-hydroxylation sites is 1. The highest BCUT2D eigenvalue weighted by Crippen LogP contribution is 2.27. The maximum absolute atomic E-state index is 11.5. The van der Waals surface area contributed by atoms with Gasteiger partial charge in [0.05, 0.1) is 12.1 Å². The van der Waals surface area contributed by atoms with Crippen LogP contribution in [0.5, 0.6) is 11.5 Å². The molecule has 0 radical (unpaired) electrons. The average Bonchev–Trinajstić information content (AvgIpc) is 2.29. The lowest BCUT2D eigenvalue weighted by molar-refractivity contribution is 0.0955. The lowest BCUT2D eigenvalue weighted by Gasteiger charge is -2.06. The van der Waals surface area contributed by atoms with Crippen molar-refractivity contribution < 1.29 is 20.2 Å². The third-order valence-corrected chi connectivity index (χ3v) is 1.82. The molecule has 0 spiro atoms. The van der Waals surface area contributed by atoms with Crippen molar-refractivity contribution >= 4 is 11.7 Å². The molecule has 0 aliphatic carbocycles. The quantitative estimate of drug-likeness (QED) is 0.157. The van der Waals surface area contributed by atoms with Gasteiger partial charge in [-0.2, -0.15) is 0 Å². The topological polar surface area (TPSA) is 128 Å². The Bertz CT molecular complexity index is 431. The van der Waals surface area contributed by atoms with Crippen LogP contribution in [0.25, 0.3) is 0 Å². The molecule has 86 valence electrons. The van der Waals surface area contributed by atoms with Gasteiger partial charge in [-0.3, -0.25) is 4.79 Å². The lowest BCUT2D eigenvalue weighted by atomic mass is 10.1. The second kappa shape index (κ2) is 4.87. The molecule has 1 aromatic rings. The molecule has 0 bridgehead atoms. The molecule has 0 aliphatic heterocycles. The minimum atomic E-state index is -0.639. The zero-order valence-electron chi connectivity index (χ0n) is 8.21. The first kappa shape index (κ1) is 11.6. The van der Waals surface area contributed by atoms with Crippen LogP contribution in [0.2, 0.25) is 0 Å². The van der Waals surface area contributed by atoms with Gasteiger partial charge in [-0.15, -0.1) is 0 Å². The van der Waals surface area contributed by atoms with Gasteiger partial charge >= 0.3 is 0 Å². The number of nitrogens with one attached hydrogen (secondary N) is 1. The smallest absolute Gasteiger partial charge is 0.255 e. The van der Waals surface area contributed by atoms with Crippen LogP contribution in [-0.2, 0) is 0 Å². The number of amidine groups is 1. The molecule has 0 aliphatic rings. The number of hydrogen-bond donors (Lipinski definition) is 5. The number of carbonyl (C=O) groups is 1. The van der Waals surface area contributed by atoms with Crippen LogP contribution in [0.1, 0.15) is 10.4 Å². The standard InChI is InChI=1S/C9H11N3O4/c10-7(12-16)4-11-9(15)5-2-1-3-6(13)8(5)14/h1-3,13-14,16H,4H2,(H2,10,12)(H,11,15). The van der Waals surface area contributed by atoms with Gasteiger partial charge in [0.25, 0.3) is 5.91 Å². The minimum Gasteiger partial charge on any atom is -0.504 e. The predicted molar refractivity (Wildman–Crippen MR) is 55.5 cm³/mol. The summed E-state index contributed by atoms with van der Waals surface area (Å²) in [6.45, 7) is -0.162. The highest BCUT2D eigenvalue weighted by Gasteiger charge is 2.13. The van der Waals surface area contributed by atoms with E-state index in [1.165, 1.54) is 18.2 Å². The summed E-state index contributed by atoms with van der Waals surface area (Å²) in [5.74, 6) is -1.72. The zero-order valence-corrected chi connectivity index (χ0v) is 8.21. The van der Waals surface area contributed by atoms with Gasteiger partial charge in [0, 0.05) is 0 Å². The molecule has 0 atom stereocenters. The lowest BCUT2D eigenvalue weighted by Crippen LogP contribution is -2.33. The van der Waals surface area contributed by atoms with Crippen LogP contribution in [0.15, 0.2) is 23.4 Å². The number of hydrogen-bond acceptors (Lipinski definition) is 5. The Kier molecular flexibility index (Phi) is 3.54. The van der Waals surface area contributed by atoms with Crippen molar-refractivity contribution in [2.75, 3.05) is 6.54 Å². The second-order valence-electron chi connectivity index (χ2n) is 2.95. The number of phenols is 2. The Hall–Kier alpha value is -2.44. The van der Waals surface area contributed by atoms with E-state index in [1.54, 1.807) is 0 Å². The number of benzene rings is 1. The van der Waals surface area contributed by atoms with Gasteiger partial charge in [-0.25, -0.2) is 0 Å². The highest BCUT2D eigenvalue weighted by molar-refractivity contribution is 5.99. The van der Waals surface area contributed by atoms with Crippen LogP contribution in [0, 0.1) is 0 Å². The van der Waals surface area contributed by atoms with E-state index in [2.05, 4.69) is 10.5 Å². The monoisotopic (exact) mass is 225 g/mol. The van der Waals surface area contributed by atoms with E-state index >= 15 is 0 Å². The summed E-state index contributed by atoms with van der Waals surface area (Å²) < 4.78 is 0. The molecule has 0 unspecified atom stereocenters. The molecule has 0 heterocycles. The Morgan fingerprint density at radius 1 is 1.44 bits per heavy atom. The van der Waals surface area contributed by atoms with Gasteiger partial charge in [0.15, 0.2) is 17.3 Å². The van der Waals surface area contributed by atoms with E-state index in [0.717, 1.165) is 0 Å². The van der Waals surface area contributed by atoms with Crippen LogP contribution >= 0.6 is 0 Å². The molecule has 0 saturated carbocycles. The second-order valence-corrected chi connectivity index (χ2v) is 2.95. The molecule has 1 amide bonds. The van der Waals surface area contributed by atoms with Gasteiger partial charge in [0.1, 0.15) is 0 Å². The van der Waals surface area contributed by atoms with Gasteiger partial charge in [-0.1, -0.05) is 11.2 Å². The van der Waals surface area contributed by atoms with Crippen molar-refractivity contribution in [3.05, 3.63) is 23.8 Å². The normalized spacial score (nSPS) is 11.1. The van der Waals surface area contributed by atoms with Crippen molar-refractivity contribution in [3.8, 4) is 11.5 Å². The number of rotatable bonds is 3. The number of amides is 1. The number of nitrogens with two attached hydrogens (primary N) is 1. The average molecular weight is 225 g/mol. The number of phenolic OH excluding ortho intramolecular Hbond substituents is 2. The molecule has 0 saturated heterocycles. The Balaban J connectivity index is 2.78. The number of oxime groups is 1.